The molecule has 1 aromatic heterocycles. The van der Waals surface area contributed by atoms with Gasteiger partial charge in [0, 0.05) is 23.1 Å². The number of aromatic amines is 1. The second-order valence-corrected chi connectivity index (χ2v) is 7.08. The molecule has 2 aromatic rings. The van der Waals surface area contributed by atoms with E-state index >= 15 is 0 Å². The summed E-state index contributed by atoms with van der Waals surface area (Å²) in [5.41, 5.74) is 1.50. The van der Waals surface area contributed by atoms with Crippen molar-refractivity contribution in [3.8, 4) is 0 Å². The van der Waals surface area contributed by atoms with Gasteiger partial charge < -0.3 is 5.32 Å². The zero-order valence-corrected chi connectivity index (χ0v) is 14.0. The molecule has 2 rings (SSSR count). The van der Waals surface area contributed by atoms with Crippen LogP contribution < -0.4 is 10.0 Å². The minimum absolute atomic E-state index is 0.110. The standard InChI is InChI=1S/C13H17BrN4O2S/c1-2-15-8-11-9-16-18-13(11)21(19,20)17-7-10-4-3-5-12(14)6-10/h3-6,9,15,17H,2,7-8H2,1H3,(H,16,18). The molecule has 0 fully saturated rings. The van der Waals surface area contributed by atoms with Crippen molar-refractivity contribution < 1.29 is 8.42 Å². The van der Waals surface area contributed by atoms with Gasteiger partial charge in [0.25, 0.3) is 10.0 Å². The van der Waals surface area contributed by atoms with Crippen LogP contribution in [-0.4, -0.2) is 25.2 Å². The summed E-state index contributed by atoms with van der Waals surface area (Å²) in [7, 11) is -3.61. The Morgan fingerprint density at radius 3 is 2.86 bits per heavy atom. The topological polar surface area (TPSA) is 86.9 Å². The van der Waals surface area contributed by atoms with Gasteiger partial charge in [-0.2, -0.15) is 5.10 Å². The number of hydrogen-bond acceptors (Lipinski definition) is 4. The minimum Gasteiger partial charge on any atom is -0.313 e. The molecule has 0 spiro atoms. The number of sulfonamides is 1. The summed E-state index contributed by atoms with van der Waals surface area (Å²) >= 11 is 3.36. The summed E-state index contributed by atoms with van der Waals surface area (Å²) < 4.78 is 28.1. The van der Waals surface area contributed by atoms with Gasteiger partial charge in [-0.3, -0.25) is 5.10 Å². The van der Waals surface area contributed by atoms with E-state index in [9.17, 15) is 8.42 Å². The van der Waals surface area contributed by atoms with Gasteiger partial charge in [-0.05, 0) is 24.2 Å². The maximum Gasteiger partial charge on any atom is 0.258 e. The van der Waals surface area contributed by atoms with Gasteiger partial charge in [0.05, 0.1) is 6.20 Å². The second kappa shape index (κ2) is 7.17. The fourth-order valence-corrected chi connectivity index (χ4v) is 3.41. The van der Waals surface area contributed by atoms with Crippen LogP contribution in [0.2, 0.25) is 0 Å². The van der Waals surface area contributed by atoms with Crippen LogP contribution in [0.5, 0.6) is 0 Å². The molecule has 0 bridgehead atoms. The van der Waals surface area contributed by atoms with Crippen molar-refractivity contribution in [3.63, 3.8) is 0 Å². The van der Waals surface area contributed by atoms with E-state index in [1.807, 2.05) is 31.2 Å². The lowest BCUT2D eigenvalue weighted by molar-refractivity contribution is 0.574. The zero-order chi connectivity index (χ0) is 15.3. The van der Waals surface area contributed by atoms with E-state index < -0.39 is 10.0 Å². The first-order valence-corrected chi connectivity index (χ1v) is 8.77. The number of H-pyrrole nitrogens is 1. The molecule has 0 aliphatic carbocycles. The molecule has 0 amide bonds. The molecule has 21 heavy (non-hydrogen) atoms. The van der Waals surface area contributed by atoms with Gasteiger partial charge >= 0.3 is 0 Å². The predicted molar refractivity (Wildman–Crippen MR) is 84.1 cm³/mol. The molecule has 3 N–H and O–H groups in total. The predicted octanol–water partition coefficient (Wildman–Crippen LogP) is 1.76. The second-order valence-electron chi connectivity index (χ2n) is 4.46. The van der Waals surface area contributed by atoms with Gasteiger partial charge in [0.2, 0.25) is 0 Å². The first-order chi connectivity index (χ1) is 10.0. The van der Waals surface area contributed by atoms with Crippen LogP contribution in [0.25, 0.3) is 0 Å². The first kappa shape index (κ1) is 16.2. The van der Waals surface area contributed by atoms with Crippen LogP contribution in [0, 0.1) is 0 Å². The number of hydrogen-bond donors (Lipinski definition) is 3. The van der Waals surface area contributed by atoms with E-state index in [-0.39, 0.29) is 11.6 Å². The molecule has 0 atom stereocenters. The molecule has 0 unspecified atom stereocenters. The van der Waals surface area contributed by atoms with Crippen LogP contribution in [-0.2, 0) is 23.1 Å². The Morgan fingerprint density at radius 1 is 1.33 bits per heavy atom. The molecule has 0 saturated carbocycles. The summed E-state index contributed by atoms with van der Waals surface area (Å²) in [4.78, 5) is 0. The highest BCUT2D eigenvalue weighted by Gasteiger charge is 2.20. The average molecular weight is 373 g/mol. The van der Waals surface area contributed by atoms with E-state index in [1.54, 1.807) is 0 Å². The van der Waals surface area contributed by atoms with Crippen molar-refractivity contribution in [1.82, 2.24) is 20.2 Å². The van der Waals surface area contributed by atoms with Gasteiger partial charge in [-0.25, -0.2) is 13.1 Å². The minimum atomic E-state index is -3.61. The quantitative estimate of drug-likeness (QED) is 0.690. The number of aromatic nitrogens is 2. The van der Waals surface area contributed by atoms with Crippen LogP contribution in [0.15, 0.2) is 40.0 Å². The normalized spacial score (nSPS) is 11.7. The molecule has 0 aliphatic heterocycles. The van der Waals surface area contributed by atoms with Gasteiger partial charge in [0.1, 0.15) is 0 Å². The van der Waals surface area contributed by atoms with E-state index in [0.717, 1.165) is 16.6 Å². The van der Waals surface area contributed by atoms with Crippen molar-refractivity contribution in [2.45, 2.75) is 25.0 Å². The molecule has 0 aliphatic rings. The van der Waals surface area contributed by atoms with Crippen LogP contribution in [0.1, 0.15) is 18.1 Å². The number of benzene rings is 1. The molecule has 8 heteroatoms. The Hall–Kier alpha value is -1.22. The smallest absolute Gasteiger partial charge is 0.258 e. The lowest BCUT2D eigenvalue weighted by Gasteiger charge is -2.08. The lowest BCUT2D eigenvalue weighted by Crippen LogP contribution is -2.25. The zero-order valence-electron chi connectivity index (χ0n) is 11.6. The summed E-state index contributed by atoms with van der Waals surface area (Å²) in [5.74, 6) is 0. The number of nitrogens with one attached hydrogen (secondary N) is 3. The van der Waals surface area contributed by atoms with Crippen LogP contribution >= 0.6 is 15.9 Å². The van der Waals surface area contributed by atoms with Crippen LogP contribution in [0.3, 0.4) is 0 Å². The molecule has 1 aromatic carbocycles. The third-order valence-electron chi connectivity index (χ3n) is 2.87. The third kappa shape index (κ3) is 4.37. The maximum absolute atomic E-state index is 12.3. The van der Waals surface area contributed by atoms with Crippen LogP contribution in [0.4, 0.5) is 0 Å². The fourth-order valence-electron chi connectivity index (χ4n) is 1.81. The average Bonchev–Trinajstić information content (AvgIpc) is 2.92. The molecule has 1 heterocycles. The summed E-state index contributed by atoms with van der Waals surface area (Å²) in [6.45, 7) is 3.40. The van der Waals surface area contributed by atoms with E-state index in [4.69, 9.17) is 0 Å². The lowest BCUT2D eigenvalue weighted by atomic mass is 10.2. The molecule has 0 radical (unpaired) electrons. The third-order valence-corrected chi connectivity index (χ3v) is 4.78. The Bertz CT molecular complexity index is 700. The van der Waals surface area contributed by atoms with Gasteiger partial charge in [-0.15, -0.1) is 0 Å². The summed E-state index contributed by atoms with van der Waals surface area (Å²) in [6, 6.07) is 7.48. The van der Waals surface area contributed by atoms with Crippen molar-refractivity contribution in [2.75, 3.05) is 6.54 Å². The highest BCUT2D eigenvalue weighted by molar-refractivity contribution is 9.10. The first-order valence-electron chi connectivity index (χ1n) is 6.50. The van der Waals surface area contributed by atoms with E-state index in [1.165, 1.54) is 6.20 Å². The van der Waals surface area contributed by atoms with Crippen molar-refractivity contribution in [1.29, 1.82) is 0 Å². The Labute approximate surface area is 132 Å². The maximum atomic E-state index is 12.3. The van der Waals surface area contributed by atoms with Crippen molar-refractivity contribution >= 4 is 26.0 Å². The van der Waals surface area contributed by atoms with Crippen molar-refractivity contribution in [3.05, 3.63) is 46.1 Å². The summed E-state index contributed by atoms with van der Waals surface area (Å²) in [5, 5.41) is 9.57. The highest BCUT2D eigenvalue weighted by atomic mass is 79.9. The molecular weight excluding hydrogens is 356 g/mol. The Morgan fingerprint density at radius 2 is 2.14 bits per heavy atom. The summed E-state index contributed by atoms with van der Waals surface area (Å²) in [6.07, 6.45) is 1.52. The number of halogens is 1. The largest absolute Gasteiger partial charge is 0.313 e. The molecule has 114 valence electrons. The highest BCUT2D eigenvalue weighted by Crippen LogP contribution is 2.14. The van der Waals surface area contributed by atoms with Gasteiger partial charge in [0.15, 0.2) is 5.03 Å². The van der Waals surface area contributed by atoms with Crippen molar-refractivity contribution in [2.24, 2.45) is 0 Å². The number of nitrogens with zero attached hydrogens (tertiary/aromatic N) is 1. The monoisotopic (exact) mass is 372 g/mol. The Kier molecular flexibility index (Phi) is 5.51. The van der Waals surface area contributed by atoms with Gasteiger partial charge in [-0.1, -0.05) is 35.0 Å². The molecular formula is C13H17BrN4O2S. The fraction of sp³-hybridized carbons (Fsp3) is 0.308. The number of rotatable bonds is 7. The molecule has 0 saturated heterocycles. The SMILES string of the molecule is CCNCc1cn[nH]c1S(=O)(=O)NCc1cccc(Br)c1. The Balaban J connectivity index is 2.10. The van der Waals surface area contributed by atoms with E-state index in [0.29, 0.717) is 12.1 Å². The molecule has 6 nitrogen and oxygen atoms in total. The van der Waals surface area contributed by atoms with E-state index in [2.05, 4.69) is 36.2 Å².